The van der Waals surface area contributed by atoms with Gasteiger partial charge in [-0.05, 0) is 42.9 Å². The van der Waals surface area contributed by atoms with Gasteiger partial charge in [-0.15, -0.1) is 11.8 Å². The van der Waals surface area contributed by atoms with Crippen molar-refractivity contribution in [3.8, 4) is 0 Å². The molecule has 0 aromatic heterocycles. The Kier molecular flexibility index (Phi) is 4.99. The first kappa shape index (κ1) is 15.7. The van der Waals surface area contributed by atoms with Gasteiger partial charge in [0.25, 0.3) is 0 Å². The van der Waals surface area contributed by atoms with Crippen molar-refractivity contribution in [3.05, 3.63) is 28.8 Å². The Hall–Kier alpha value is -0.710. The number of halogens is 1. The zero-order chi connectivity index (χ0) is 14.8. The van der Waals surface area contributed by atoms with E-state index < -0.39 is 0 Å². The van der Waals surface area contributed by atoms with Crippen LogP contribution in [-0.4, -0.2) is 18.8 Å². The summed E-state index contributed by atoms with van der Waals surface area (Å²) >= 11 is 7.97. The maximum atomic E-state index is 11.4. The highest BCUT2D eigenvalue weighted by Gasteiger charge is 2.44. The van der Waals surface area contributed by atoms with E-state index in [9.17, 15) is 4.79 Å². The highest BCUT2D eigenvalue weighted by molar-refractivity contribution is 7.99. The number of benzene rings is 1. The number of ether oxygens (including phenoxy) is 1. The van der Waals surface area contributed by atoms with Crippen LogP contribution >= 0.6 is 23.4 Å². The van der Waals surface area contributed by atoms with E-state index in [-0.39, 0.29) is 17.4 Å². The van der Waals surface area contributed by atoms with E-state index in [1.165, 1.54) is 7.11 Å². The largest absolute Gasteiger partial charge is 0.469 e. The quantitative estimate of drug-likeness (QED) is 0.641. The summed E-state index contributed by atoms with van der Waals surface area (Å²) < 4.78 is 4.76. The van der Waals surface area contributed by atoms with E-state index in [2.05, 4.69) is 0 Å². The van der Waals surface area contributed by atoms with Crippen molar-refractivity contribution in [2.75, 3.05) is 12.9 Å². The van der Waals surface area contributed by atoms with Crippen molar-refractivity contribution in [2.24, 2.45) is 11.1 Å². The Balaban J connectivity index is 1.94. The SMILES string of the molecule is COC(=O)CC1(CSc2ccc(C(C)N)c(Cl)c2)CC1. The average molecular weight is 314 g/mol. The maximum Gasteiger partial charge on any atom is 0.306 e. The summed E-state index contributed by atoms with van der Waals surface area (Å²) in [6.45, 7) is 1.92. The lowest BCUT2D eigenvalue weighted by molar-refractivity contribution is -0.141. The van der Waals surface area contributed by atoms with Crippen LogP contribution in [0.1, 0.15) is 37.8 Å². The number of hydrogen-bond donors (Lipinski definition) is 1. The molecule has 0 saturated heterocycles. The van der Waals surface area contributed by atoms with Gasteiger partial charge in [0.15, 0.2) is 0 Å². The van der Waals surface area contributed by atoms with Crippen molar-refractivity contribution < 1.29 is 9.53 Å². The van der Waals surface area contributed by atoms with Crippen LogP contribution in [0.25, 0.3) is 0 Å². The highest BCUT2D eigenvalue weighted by Crippen LogP contribution is 2.52. The van der Waals surface area contributed by atoms with Crippen molar-refractivity contribution in [2.45, 2.75) is 37.1 Å². The molecule has 5 heteroatoms. The Bertz CT molecular complexity index is 501. The molecule has 1 aromatic carbocycles. The fourth-order valence-corrected chi connectivity index (χ4v) is 3.78. The van der Waals surface area contributed by atoms with E-state index >= 15 is 0 Å². The summed E-state index contributed by atoms with van der Waals surface area (Å²) in [5.41, 5.74) is 6.94. The molecule has 1 saturated carbocycles. The van der Waals surface area contributed by atoms with Crippen LogP contribution in [0.5, 0.6) is 0 Å². The van der Waals surface area contributed by atoms with Crippen LogP contribution < -0.4 is 5.73 Å². The minimum absolute atomic E-state index is 0.0596. The number of hydrogen-bond acceptors (Lipinski definition) is 4. The lowest BCUT2D eigenvalue weighted by Gasteiger charge is -2.14. The minimum atomic E-state index is -0.117. The maximum absolute atomic E-state index is 11.4. The Morgan fingerprint density at radius 1 is 1.55 bits per heavy atom. The minimum Gasteiger partial charge on any atom is -0.469 e. The molecule has 2 rings (SSSR count). The molecule has 0 radical (unpaired) electrons. The van der Waals surface area contributed by atoms with Crippen LogP contribution in [0.2, 0.25) is 5.02 Å². The smallest absolute Gasteiger partial charge is 0.306 e. The molecule has 1 aromatic rings. The van der Waals surface area contributed by atoms with Crippen LogP contribution in [-0.2, 0) is 9.53 Å². The van der Waals surface area contributed by atoms with Gasteiger partial charge in [-0.1, -0.05) is 17.7 Å². The van der Waals surface area contributed by atoms with Crippen molar-refractivity contribution in [1.82, 2.24) is 0 Å². The molecule has 2 N–H and O–H groups in total. The molecule has 0 bridgehead atoms. The molecule has 1 aliphatic carbocycles. The molecular weight excluding hydrogens is 294 g/mol. The number of carbonyl (C=O) groups excluding carboxylic acids is 1. The predicted molar refractivity (Wildman–Crippen MR) is 83.1 cm³/mol. The first-order valence-corrected chi connectivity index (χ1v) is 8.07. The Labute approximate surface area is 129 Å². The molecule has 1 unspecified atom stereocenters. The van der Waals surface area contributed by atoms with Crippen molar-refractivity contribution in [3.63, 3.8) is 0 Å². The second-order valence-corrected chi connectivity index (χ2v) is 6.97. The number of nitrogens with two attached hydrogens (primary N) is 1. The van der Waals surface area contributed by atoms with Gasteiger partial charge in [0.05, 0.1) is 13.5 Å². The van der Waals surface area contributed by atoms with Gasteiger partial charge >= 0.3 is 5.97 Å². The van der Waals surface area contributed by atoms with Gasteiger partial charge in [0.2, 0.25) is 0 Å². The standard InChI is InChI=1S/C15H20ClNO2S/c1-10(17)12-4-3-11(7-13(12)16)20-9-15(5-6-15)8-14(18)19-2/h3-4,7,10H,5-6,8-9,17H2,1-2H3. The first-order chi connectivity index (χ1) is 9.46. The molecule has 0 spiro atoms. The second-order valence-electron chi connectivity index (χ2n) is 5.51. The molecule has 110 valence electrons. The Morgan fingerprint density at radius 3 is 2.75 bits per heavy atom. The van der Waals surface area contributed by atoms with Crippen LogP contribution in [0, 0.1) is 5.41 Å². The lowest BCUT2D eigenvalue weighted by Crippen LogP contribution is -2.13. The van der Waals surface area contributed by atoms with Crippen LogP contribution in [0.15, 0.2) is 23.1 Å². The summed E-state index contributed by atoms with van der Waals surface area (Å²) in [5, 5.41) is 0.711. The van der Waals surface area contributed by atoms with E-state index in [1.807, 2.05) is 25.1 Å². The third kappa shape index (κ3) is 3.90. The van der Waals surface area contributed by atoms with Gasteiger partial charge in [-0.3, -0.25) is 4.79 Å². The molecule has 0 aliphatic heterocycles. The number of methoxy groups -OCH3 is 1. The highest BCUT2D eigenvalue weighted by atomic mass is 35.5. The molecule has 20 heavy (non-hydrogen) atoms. The number of thioether (sulfide) groups is 1. The van der Waals surface area contributed by atoms with Crippen LogP contribution in [0.3, 0.4) is 0 Å². The summed E-state index contributed by atoms with van der Waals surface area (Å²) in [6, 6.07) is 5.92. The van der Waals surface area contributed by atoms with Crippen molar-refractivity contribution in [1.29, 1.82) is 0 Å². The molecule has 3 nitrogen and oxygen atoms in total. The third-order valence-electron chi connectivity index (χ3n) is 3.71. The van der Waals surface area contributed by atoms with Crippen LogP contribution in [0.4, 0.5) is 0 Å². The first-order valence-electron chi connectivity index (χ1n) is 6.70. The number of esters is 1. The molecule has 0 amide bonds. The Morgan fingerprint density at radius 2 is 2.25 bits per heavy atom. The summed E-state index contributed by atoms with van der Waals surface area (Å²) in [4.78, 5) is 12.5. The summed E-state index contributed by atoms with van der Waals surface area (Å²) in [6.07, 6.45) is 2.71. The van der Waals surface area contributed by atoms with Gasteiger partial charge < -0.3 is 10.5 Å². The number of carbonyl (C=O) groups is 1. The van der Waals surface area contributed by atoms with E-state index in [0.717, 1.165) is 29.1 Å². The van der Waals surface area contributed by atoms with E-state index in [1.54, 1.807) is 11.8 Å². The van der Waals surface area contributed by atoms with E-state index in [4.69, 9.17) is 22.1 Å². The molecule has 0 heterocycles. The van der Waals surface area contributed by atoms with Gasteiger partial charge in [-0.25, -0.2) is 0 Å². The molecule has 1 fully saturated rings. The lowest BCUT2D eigenvalue weighted by atomic mass is 10.1. The third-order valence-corrected chi connectivity index (χ3v) is 5.38. The predicted octanol–water partition coefficient (Wildman–Crippen LogP) is 3.80. The zero-order valence-electron chi connectivity index (χ0n) is 11.8. The average Bonchev–Trinajstić information content (AvgIpc) is 3.16. The normalized spacial score (nSPS) is 17.6. The van der Waals surface area contributed by atoms with E-state index in [0.29, 0.717) is 11.4 Å². The number of rotatable bonds is 6. The summed E-state index contributed by atoms with van der Waals surface area (Å²) in [7, 11) is 1.44. The topological polar surface area (TPSA) is 52.3 Å². The fourth-order valence-electron chi connectivity index (χ4n) is 2.13. The van der Waals surface area contributed by atoms with Gasteiger partial charge in [0.1, 0.15) is 0 Å². The fraction of sp³-hybridized carbons (Fsp3) is 0.533. The molecular formula is C15H20ClNO2S. The van der Waals surface area contributed by atoms with Gasteiger partial charge in [-0.2, -0.15) is 0 Å². The molecule has 1 aliphatic rings. The van der Waals surface area contributed by atoms with Gasteiger partial charge in [0, 0.05) is 21.7 Å². The van der Waals surface area contributed by atoms with Crippen molar-refractivity contribution >= 4 is 29.3 Å². The summed E-state index contributed by atoms with van der Waals surface area (Å²) in [5.74, 6) is 0.809. The molecule has 1 atom stereocenters. The zero-order valence-corrected chi connectivity index (χ0v) is 13.4. The second kappa shape index (κ2) is 6.37. The monoisotopic (exact) mass is 313 g/mol.